The van der Waals surface area contributed by atoms with Crippen molar-refractivity contribution in [3.63, 3.8) is 0 Å². The van der Waals surface area contributed by atoms with Crippen LogP contribution in [0.15, 0.2) is 18.3 Å². The first-order chi connectivity index (χ1) is 7.75. The van der Waals surface area contributed by atoms with Crippen LogP contribution < -0.4 is 11.2 Å². The third-order valence-electron chi connectivity index (χ3n) is 2.33. The van der Waals surface area contributed by atoms with Crippen molar-refractivity contribution in [3.8, 4) is 0 Å². The molecule has 3 N–H and O–H groups in total. The molecule has 16 heavy (non-hydrogen) atoms. The summed E-state index contributed by atoms with van der Waals surface area (Å²) >= 11 is 4.86. The molecule has 5 nitrogen and oxygen atoms in total. The zero-order chi connectivity index (χ0) is 11.4. The first-order valence-corrected chi connectivity index (χ1v) is 5.52. The van der Waals surface area contributed by atoms with Crippen molar-refractivity contribution in [1.29, 1.82) is 0 Å². The van der Waals surface area contributed by atoms with Gasteiger partial charge in [0.15, 0.2) is 0 Å². The highest BCUT2D eigenvalue weighted by Gasteiger charge is 2.10. The first kappa shape index (κ1) is 11.3. The van der Waals surface area contributed by atoms with Crippen LogP contribution in [0.4, 0.5) is 5.82 Å². The number of nitrogens with two attached hydrogens (primary N) is 1. The van der Waals surface area contributed by atoms with E-state index >= 15 is 0 Å². The molecule has 0 aliphatic carbocycles. The maximum Gasteiger partial charge on any atom is 0.140 e. The van der Waals surface area contributed by atoms with Crippen LogP contribution >= 0.6 is 12.2 Å². The average Bonchev–Trinajstić information content (AvgIpc) is 2.31. The Bertz CT molecular complexity index is 362. The van der Waals surface area contributed by atoms with Gasteiger partial charge in [0.1, 0.15) is 10.8 Å². The lowest BCUT2D eigenvalue weighted by Gasteiger charge is -2.27. The molecule has 0 spiro atoms. The fourth-order valence-electron chi connectivity index (χ4n) is 1.44. The van der Waals surface area contributed by atoms with Gasteiger partial charge < -0.3 is 15.9 Å². The largest absolute Gasteiger partial charge is 0.389 e. The van der Waals surface area contributed by atoms with E-state index in [4.69, 9.17) is 22.7 Å². The molecule has 0 unspecified atom stereocenters. The molecule has 0 saturated carbocycles. The summed E-state index contributed by atoms with van der Waals surface area (Å²) < 4.78 is 5.25. The minimum Gasteiger partial charge on any atom is -0.389 e. The van der Waals surface area contributed by atoms with Crippen molar-refractivity contribution in [2.45, 2.75) is 0 Å². The Morgan fingerprint density at radius 1 is 1.44 bits per heavy atom. The average molecular weight is 238 g/mol. The SMILES string of the molecule is NC(=S)c1ccc(NN2CCOCC2)nc1. The van der Waals surface area contributed by atoms with Crippen molar-refractivity contribution in [3.05, 3.63) is 23.9 Å². The highest BCUT2D eigenvalue weighted by molar-refractivity contribution is 7.80. The van der Waals surface area contributed by atoms with Gasteiger partial charge in [-0.05, 0) is 12.1 Å². The molecule has 1 aliphatic heterocycles. The maximum absolute atomic E-state index is 5.49. The molecule has 2 heterocycles. The van der Waals surface area contributed by atoms with E-state index in [1.807, 2.05) is 12.1 Å². The summed E-state index contributed by atoms with van der Waals surface area (Å²) in [7, 11) is 0. The summed E-state index contributed by atoms with van der Waals surface area (Å²) in [6.07, 6.45) is 1.67. The van der Waals surface area contributed by atoms with Crippen molar-refractivity contribution in [2.24, 2.45) is 5.73 Å². The summed E-state index contributed by atoms with van der Waals surface area (Å²) in [5.74, 6) is 0.793. The molecule has 0 bridgehead atoms. The molecule has 1 aromatic heterocycles. The normalized spacial score (nSPS) is 17.0. The minimum absolute atomic E-state index is 0.366. The van der Waals surface area contributed by atoms with Gasteiger partial charge in [0.2, 0.25) is 0 Å². The maximum atomic E-state index is 5.49. The summed E-state index contributed by atoms with van der Waals surface area (Å²) in [4.78, 5) is 4.60. The van der Waals surface area contributed by atoms with Crippen LogP contribution in [0.3, 0.4) is 0 Å². The fraction of sp³-hybridized carbons (Fsp3) is 0.400. The van der Waals surface area contributed by atoms with E-state index < -0.39 is 0 Å². The molecule has 0 atom stereocenters. The molecule has 86 valence electrons. The lowest BCUT2D eigenvalue weighted by Crippen LogP contribution is -2.40. The molecule has 1 fully saturated rings. The standard InChI is InChI=1S/C10H14N4OS/c11-10(16)8-1-2-9(12-7-8)13-14-3-5-15-6-4-14/h1-2,7H,3-6H2,(H2,11,16)(H,12,13). The van der Waals surface area contributed by atoms with Gasteiger partial charge in [0.25, 0.3) is 0 Å². The molecule has 1 aromatic rings. The summed E-state index contributed by atoms with van der Waals surface area (Å²) in [6, 6.07) is 3.72. The number of thiocarbonyl (C=S) groups is 1. The Morgan fingerprint density at radius 3 is 2.75 bits per heavy atom. The van der Waals surface area contributed by atoms with Gasteiger partial charge in [-0.1, -0.05) is 12.2 Å². The molecular weight excluding hydrogens is 224 g/mol. The van der Waals surface area contributed by atoms with Crippen molar-refractivity contribution in [2.75, 3.05) is 31.7 Å². The van der Waals surface area contributed by atoms with Crippen LogP contribution in [0.1, 0.15) is 5.56 Å². The number of anilines is 1. The summed E-state index contributed by atoms with van der Waals surface area (Å²) in [5.41, 5.74) is 9.48. The van der Waals surface area contributed by atoms with Gasteiger partial charge >= 0.3 is 0 Å². The van der Waals surface area contributed by atoms with E-state index in [-0.39, 0.29) is 0 Å². The van der Waals surface area contributed by atoms with Crippen molar-refractivity contribution >= 4 is 23.0 Å². The van der Waals surface area contributed by atoms with Crippen LogP contribution in [0.5, 0.6) is 0 Å². The Balaban J connectivity index is 1.96. The van der Waals surface area contributed by atoms with E-state index in [1.165, 1.54) is 0 Å². The number of nitrogens with zero attached hydrogens (tertiary/aromatic N) is 2. The fourth-order valence-corrected chi connectivity index (χ4v) is 1.56. The number of hydrogen-bond acceptors (Lipinski definition) is 5. The molecule has 1 aliphatic rings. The molecule has 6 heteroatoms. The van der Waals surface area contributed by atoms with Crippen LogP contribution in [0, 0.1) is 0 Å². The number of ether oxygens (including phenoxy) is 1. The number of hydrogen-bond donors (Lipinski definition) is 2. The van der Waals surface area contributed by atoms with Crippen LogP contribution in [-0.4, -0.2) is 41.3 Å². The lowest BCUT2D eigenvalue weighted by molar-refractivity contribution is 0.0495. The van der Waals surface area contributed by atoms with E-state index in [2.05, 4.69) is 15.4 Å². The molecule has 2 rings (SSSR count). The zero-order valence-corrected chi connectivity index (χ0v) is 9.67. The van der Waals surface area contributed by atoms with Crippen molar-refractivity contribution < 1.29 is 4.74 Å². The third kappa shape index (κ3) is 2.88. The lowest BCUT2D eigenvalue weighted by atomic mass is 10.3. The van der Waals surface area contributed by atoms with E-state index in [0.717, 1.165) is 37.7 Å². The number of morpholine rings is 1. The van der Waals surface area contributed by atoms with Gasteiger partial charge in [-0.15, -0.1) is 0 Å². The molecular formula is C10H14N4OS. The van der Waals surface area contributed by atoms with Crippen molar-refractivity contribution in [1.82, 2.24) is 9.99 Å². The minimum atomic E-state index is 0.366. The predicted molar refractivity (Wildman–Crippen MR) is 66.1 cm³/mol. The molecule has 0 aromatic carbocycles. The van der Waals surface area contributed by atoms with Crippen LogP contribution in [0.2, 0.25) is 0 Å². The van der Waals surface area contributed by atoms with E-state index in [1.54, 1.807) is 6.20 Å². The Kier molecular flexibility index (Phi) is 3.66. The van der Waals surface area contributed by atoms with Gasteiger partial charge in [-0.2, -0.15) is 0 Å². The van der Waals surface area contributed by atoms with E-state index in [0.29, 0.717) is 4.99 Å². The zero-order valence-electron chi connectivity index (χ0n) is 8.85. The number of nitrogens with one attached hydrogen (secondary N) is 1. The second-order valence-electron chi connectivity index (χ2n) is 3.51. The monoisotopic (exact) mass is 238 g/mol. The topological polar surface area (TPSA) is 63.4 Å². The number of hydrazine groups is 1. The highest BCUT2D eigenvalue weighted by atomic mass is 32.1. The second-order valence-corrected chi connectivity index (χ2v) is 3.95. The van der Waals surface area contributed by atoms with Gasteiger partial charge in [0, 0.05) is 24.8 Å². The van der Waals surface area contributed by atoms with Gasteiger partial charge in [0.05, 0.1) is 13.2 Å². The predicted octanol–water partition coefficient (Wildman–Crippen LogP) is 0.375. The molecule has 1 saturated heterocycles. The molecule has 0 radical (unpaired) electrons. The summed E-state index contributed by atoms with van der Waals surface area (Å²) in [6.45, 7) is 3.22. The first-order valence-electron chi connectivity index (χ1n) is 5.11. The quantitative estimate of drug-likeness (QED) is 0.742. The van der Waals surface area contributed by atoms with Gasteiger partial charge in [-0.3, -0.25) is 0 Å². The number of pyridine rings is 1. The Hall–Kier alpha value is -1.24. The van der Waals surface area contributed by atoms with E-state index in [9.17, 15) is 0 Å². The Morgan fingerprint density at radius 2 is 2.19 bits per heavy atom. The number of rotatable bonds is 3. The second kappa shape index (κ2) is 5.20. The summed E-state index contributed by atoms with van der Waals surface area (Å²) in [5, 5.41) is 2.08. The smallest absolute Gasteiger partial charge is 0.140 e. The number of aromatic nitrogens is 1. The third-order valence-corrected chi connectivity index (χ3v) is 2.57. The molecule has 0 amide bonds. The Labute approximate surface area is 99.6 Å². The highest BCUT2D eigenvalue weighted by Crippen LogP contribution is 2.07. The van der Waals surface area contributed by atoms with Gasteiger partial charge in [-0.25, -0.2) is 9.99 Å². The van der Waals surface area contributed by atoms with Crippen LogP contribution in [0.25, 0.3) is 0 Å². The van der Waals surface area contributed by atoms with Crippen LogP contribution in [-0.2, 0) is 4.74 Å².